The molecule has 0 saturated heterocycles. The van der Waals surface area contributed by atoms with E-state index in [1.165, 1.54) is 5.56 Å². The van der Waals surface area contributed by atoms with Crippen LogP contribution in [0.5, 0.6) is 0 Å². The number of aromatic nitrogens is 2. The monoisotopic (exact) mass is 241 g/mol. The number of aryl methyl sites for hydroxylation is 2. The Balaban J connectivity index is 2.11. The topological polar surface area (TPSA) is 54.9 Å². The average molecular weight is 241 g/mol. The highest BCUT2D eigenvalue weighted by molar-refractivity contribution is 6.02. The van der Waals surface area contributed by atoms with E-state index in [-0.39, 0.29) is 5.91 Å². The SMILES string of the molecule is CCc1ccc(NC(=O)c2ccnc(C)n2)cc1. The van der Waals surface area contributed by atoms with Gasteiger partial charge in [0.1, 0.15) is 11.5 Å². The highest BCUT2D eigenvalue weighted by Crippen LogP contribution is 2.11. The van der Waals surface area contributed by atoms with Crippen molar-refractivity contribution in [2.75, 3.05) is 5.32 Å². The van der Waals surface area contributed by atoms with E-state index in [2.05, 4.69) is 22.2 Å². The number of rotatable bonds is 3. The molecule has 1 N–H and O–H groups in total. The van der Waals surface area contributed by atoms with Crippen LogP contribution in [0.25, 0.3) is 0 Å². The molecular formula is C14H15N3O. The Hall–Kier alpha value is -2.23. The summed E-state index contributed by atoms with van der Waals surface area (Å²) in [5, 5.41) is 2.81. The lowest BCUT2D eigenvalue weighted by atomic mass is 10.1. The van der Waals surface area contributed by atoms with E-state index in [4.69, 9.17) is 0 Å². The third-order valence-corrected chi connectivity index (χ3v) is 2.63. The van der Waals surface area contributed by atoms with Crippen LogP contribution in [0.3, 0.4) is 0 Å². The van der Waals surface area contributed by atoms with Crippen molar-refractivity contribution in [2.45, 2.75) is 20.3 Å². The number of hydrogen-bond acceptors (Lipinski definition) is 3. The van der Waals surface area contributed by atoms with Crippen LogP contribution in [-0.4, -0.2) is 15.9 Å². The van der Waals surface area contributed by atoms with Gasteiger partial charge in [0.05, 0.1) is 0 Å². The zero-order valence-corrected chi connectivity index (χ0v) is 10.5. The van der Waals surface area contributed by atoms with Crippen molar-refractivity contribution in [3.8, 4) is 0 Å². The van der Waals surface area contributed by atoms with Gasteiger partial charge in [-0.2, -0.15) is 0 Å². The Kier molecular flexibility index (Phi) is 3.67. The van der Waals surface area contributed by atoms with Gasteiger partial charge in [-0.05, 0) is 37.1 Å². The summed E-state index contributed by atoms with van der Waals surface area (Å²) in [5.41, 5.74) is 2.39. The molecule has 0 radical (unpaired) electrons. The van der Waals surface area contributed by atoms with Gasteiger partial charge >= 0.3 is 0 Å². The van der Waals surface area contributed by atoms with E-state index >= 15 is 0 Å². The summed E-state index contributed by atoms with van der Waals surface area (Å²) >= 11 is 0. The molecule has 1 heterocycles. The predicted molar refractivity (Wildman–Crippen MR) is 70.5 cm³/mol. The quantitative estimate of drug-likeness (QED) is 0.898. The van der Waals surface area contributed by atoms with Gasteiger partial charge in [-0.15, -0.1) is 0 Å². The smallest absolute Gasteiger partial charge is 0.274 e. The second kappa shape index (κ2) is 5.40. The summed E-state index contributed by atoms with van der Waals surface area (Å²) < 4.78 is 0. The average Bonchev–Trinajstić information content (AvgIpc) is 2.39. The van der Waals surface area contributed by atoms with Gasteiger partial charge in [0.25, 0.3) is 5.91 Å². The molecule has 0 atom stereocenters. The van der Waals surface area contributed by atoms with Crippen molar-refractivity contribution in [3.05, 3.63) is 53.6 Å². The molecule has 0 bridgehead atoms. The molecule has 1 amide bonds. The first-order chi connectivity index (χ1) is 8.69. The van der Waals surface area contributed by atoms with Crippen molar-refractivity contribution in [1.82, 2.24) is 9.97 Å². The highest BCUT2D eigenvalue weighted by atomic mass is 16.1. The number of hydrogen-bond donors (Lipinski definition) is 1. The van der Waals surface area contributed by atoms with E-state index in [1.54, 1.807) is 19.2 Å². The Labute approximate surface area is 106 Å². The highest BCUT2D eigenvalue weighted by Gasteiger charge is 2.07. The van der Waals surface area contributed by atoms with Crippen LogP contribution in [0.2, 0.25) is 0 Å². The molecule has 0 saturated carbocycles. The molecule has 1 aromatic carbocycles. The predicted octanol–water partition coefficient (Wildman–Crippen LogP) is 2.60. The Morgan fingerprint density at radius 3 is 2.56 bits per heavy atom. The van der Waals surface area contributed by atoms with Gasteiger partial charge in [-0.1, -0.05) is 19.1 Å². The van der Waals surface area contributed by atoms with E-state index in [9.17, 15) is 4.79 Å². The second-order valence-corrected chi connectivity index (χ2v) is 3.99. The minimum absolute atomic E-state index is 0.218. The van der Waals surface area contributed by atoms with Crippen LogP contribution in [0.4, 0.5) is 5.69 Å². The van der Waals surface area contributed by atoms with Crippen molar-refractivity contribution >= 4 is 11.6 Å². The molecular weight excluding hydrogens is 226 g/mol. The van der Waals surface area contributed by atoms with Crippen molar-refractivity contribution < 1.29 is 4.79 Å². The molecule has 92 valence electrons. The van der Waals surface area contributed by atoms with E-state index in [1.807, 2.05) is 24.3 Å². The molecule has 4 heteroatoms. The summed E-state index contributed by atoms with van der Waals surface area (Å²) in [6, 6.07) is 9.39. The van der Waals surface area contributed by atoms with Crippen molar-refractivity contribution in [3.63, 3.8) is 0 Å². The van der Waals surface area contributed by atoms with Crippen molar-refractivity contribution in [1.29, 1.82) is 0 Å². The molecule has 0 aliphatic rings. The lowest BCUT2D eigenvalue weighted by molar-refractivity contribution is 0.102. The molecule has 2 aromatic rings. The summed E-state index contributed by atoms with van der Waals surface area (Å²) in [5.74, 6) is 0.369. The third kappa shape index (κ3) is 2.91. The molecule has 4 nitrogen and oxygen atoms in total. The maximum absolute atomic E-state index is 11.9. The van der Waals surface area contributed by atoms with Crippen LogP contribution in [0, 0.1) is 6.92 Å². The molecule has 0 unspecified atom stereocenters. The first-order valence-electron chi connectivity index (χ1n) is 5.89. The van der Waals surface area contributed by atoms with E-state index in [0.29, 0.717) is 11.5 Å². The van der Waals surface area contributed by atoms with Crippen LogP contribution in [0.1, 0.15) is 28.8 Å². The molecule has 0 aliphatic carbocycles. The fourth-order valence-electron chi connectivity index (χ4n) is 1.60. The summed E-state index contributed by atoms with van der Waals surface area (Å²) in [4.78, 5) is 20.0. The summed E-state index contributed by atoms with van der Waals surface area (Å²) in [6.45, 7) is 3.85. The van der Waals surface area contributed by atoms with E-state index in [0.717, 1.165) is 12.1 Å². The fraction of sp³-hybridized carbons (Fsp3) is 0.214. The van der Waals surface area contributed by atoms with Gasteiger partial charge in [-0.3, -0.25) is 4.79 Å². The standard InChI is InChI=1S/C14H15N3O/c1-3-11-4-6-12(7-5-11)17-14(18)13-8-9-15-10(2)16-13/h4-9H,3H2,1-2H3,(H,17,18). The zero-order chi connectivity index (χ0) is 13.0. The Bertz CT molecular complexity index is 549. The normalized spacial score (nSPS) is 10.1. The first-order valence-corrected chi connectivity index (χ1v) is 5.89. The first kappa shape index (κ1) is 12.2. The summed E-state index contributed by atoms with van der Waals surface area (Å²) in [6.07, 6.45) is 2.57. The number of nitrogens with one attached hydrogen (secondary N) is 1. The minimum Gasteiger partial charge on any atom is -0.321 e. The van der Waals surface area contributed by atoms with Crippen molar-refractivity contribution in [2.24, 2.45) is 0 Å². The van der Waals surface area contributed by atoms with Gasteiger partial charge < -0.3 is 5.32 Å². The largest absolute Gasteiger partial charge is 0.321 e. The zero-order valence-electron chi connectivity index (χ0n) is 10.5. The molecule has 18 heavy (non-hydrogen) atoms. The van der Waals surface area contributed by atoms with Crippen LogP contribution < -0.4 is 5.32 Å². The number of carbonyl (C=O) groups is 1. The molecule has 0 aliphatic heterocycles. The van der Waals surface area contributed by atoms with Gasteiger partial charge in [0.15, 0.2) is 0 Å². The molecule has 1 aromatic heterocycles. The van der Waals surface area contributed by atoms with Crippen LogP contribution >= 0.6 is 0 Å². The number of amides is 1. The van der Waals surface area contributed by atoms with Gasteiger partial charge in [-0.25, -0.2) is 9.97 Å². The fourth-order valence-corrected chi connectivity index (χ4v) is 1.60. The minimum atomic E-state index is -0.218. The lowest BCUT2D eigenvalue weighted by Gasteiger charge is -2.05. The lowest BCUT2D eigenvalue weighted by Crippen LogP contribution is -2.14. The number of benzene rings is 1. The van der Waals surface area contributed by atoms with E-state index < -0.39 is 0 Å². The summed E-state index contributed by atoms with van der Waals surface area (Å²) in [7, 11) is 0. The maximum Gasteiger partial charge on any atom is 0.274 e. The Morgan fingerprint density at radius 1 is 1.22 bits per heavy atom. The van der Waals surface area contributed by atoms with Crippen LogP contribution in [-0.2, 0) is 6.42 Å². The van der Waals surface area contributed by atoms with Gasteiger partial charge in [0, 0.05) is 11.9 Å². The Morgan fingerprint density at radius 2 is 1.94 bits per heavy atom. The number of nitrogens with zero attached hydrogens (tertiary/aromatic N) is 2. The van der Waals surface area contributed by atoms with Gasteiger partial charge in [0.2, 0.25) is 0 Å². The number of anilines is 1. The second-order valence-electron chi connectivity index (χ2n) is 3.99. The van der Waals surface area contributed by atoms with Crippen LogP contribution in [0.15, 0.2) is 36.5 Å². The molecule has 0 fully saturated rings. The molecule has 0 spiro atoms. The maximum atomic E-state index is 11.9. The molecule has 2 rings (SSSR count). The third-order valence-electron chi connectivity index (χ3n) is 2.63. The number of carbonyl (C=O) groups excluding carboxylic acids is 1.